The molecule has 20 heavy (non-hydrogen) atoms. The Labute approximate surface area is 125 Å². The van der Waals surface area contributed by atoms with Gasteiger partial charge in [0.05, 0.1) is 18.8 Å². The molecule has 5 heteroatoms. The van der Waals surface area contributed by atoms with Gasteiger partial charge in [0.15, 0.2) is 0 Å². The normalized spacial score (nSPS) is 21.9. The number of likely N-dealkylation sites (N-methyl/N-ethyl adjacent to an activating group) is 1. The van der Waals surface area contributed by atoms with Gasteiger partial charge in [-0.05, 0) is 32.1 Å². The van der Waals surface area contributed by atoms with Crippen molar-refractivity contribution >= 4 is 11.6 Å². The maximum absolute atomic E-state index is 14.1. The highest BCUT2D eigenvalue weighted by molar-refractivity contribution is 6.30. The van der Waals surface area contributed by atoms with Gasteiger partial charge in [-0.15, -0.1) is 0 Å². The van der Waals surface area contributed by atoms with E-state index in [0.717, 1.165) is 26.1 Å². The minimum absolute atomic E-state index is 0.0454. The molecular formula is C15H22ClFN2O. The van der Waals surface area contributed by atoms with E-state index >= 15 is 0 Å². The lowest BCUT2D eigenvalue weighted by Gasteiger charge is -2.37. The molecule has 0 saturated carbocycles. The second-order valence-electron chi connectivity index (χ2n) is 5.14. The van der Waals surface area contributed by atoms with Gasteiger partial charge in [-0.25, -0.2) is 4.39 Å². The van der Waals surface area contributed by atoms with E-state index in [1.54, 1.807) is 12.1 Å². The molecule has 2 unspecified atom stereocenters. The Balaban J connectivity index is 2.14. The standard InChI is InChI=1S/C15H22ClFN2O/c1-3-6-19-7-8-20-14(10-19)15(18-2)12-5-4-11(16)9-13(12)17/h4-5,9,14-15,18H,3,6-8,10H2,1-2H3. The summed E-state index contributed by atoms with van der Waals surface area (Å²) in [4.78, 5) is 2.37. The first-order chi connectivity index (χ1) is 9.65. The topological polar surface area (TPSA) is 24.5 Å². The first kappa shape index (κ1) is 15.7. The van der Waals surface area contributed by atoms with Crippen molar-refractivity contribution in [3.05, 3.63) is 34.6 Å². The Bertz CT molecular complexity index is 442. The molecule has 1 fully saturated rings. The molecule has 1 aliphatic heterocycles. The van der Waals surface area contributed by atoms with E-state index in [1.807, 2.05) is 7.05 Å². The Kier molecular flexibility index (Phi) is 5.78. The van der Waals surface area contributed by atoms with Crippen LogP contribution in [0.25, 0.3) is 0 Å². The summed E-state index contributed by atoms with van der Waals surface area (Å²) in [5, 5.41) is 3.59. The number of rotatable bonds is 5. The minimum atomic E-state index is -0.284. The van der Waals surface area contributed by atoms with Crippen LogP contribution in [0, 0.1) is 5.82 Å². The molecule has 0 bridgehead atoms. The van der Waals surface area contributed by atoms with Gasteiger partial charge in [-0.3, -0.25) is 4.90 Å². The van der Waals surface area contributed by atoms with Crippen molar-refractivity contribution in [2.75, 3.05) is 33.3 Å². The molecule has 2 atom stereocenters. The Morgan fingerprint density at radius 2 is 2.35 bits per heavy atom. The zero-order valence-electron chi connectivity index (χ0n) is 12.0. The van der Waals surface area contributed by atoms with Crippen LogP contribution in [0.3, 0.4) is 0 Å². The van der Waals surface area contributed by atoms with Crippen LogP contribution in [0.4, 0.5) is 4.39 Å². The number of nitrogens with one attached hydrogen (secondary N) is 1. The number of halogens is 2. The fraction of sp³-hybridized carbons (Fsp3) is 0.600. The van der Waals surface area contributed by atoms with Crippen LogP contribution in [-0.4, -0.2) is 44.3 Å². The van der Waals surface area contributed by atoms with Crippen LogP contribution in [-0.2, 0) is 4.74 Å². The third kappa shape index (κ3) is 3.70. The molecule has 112 valence electrons. The van der Waals surface area contributed by atoms with Crippen molar-refractivity contribution in [2.45, 2.75) is 25.5 Å². The van der Waals surface area contributed by atoms with Crippen molar-refractivity contribution in [3.63, 3.8) is 0 Å². The number of hydrogen-bond acceptors (Lipinski definition) is 3. The quantitative estimate of drug-likeness (QED) is 0.905. The smallest absolute Gasteiger partial charge is 0.129 e. The first-order valence-electron chi connectivity index (χ1n) is 7.12. The Morgan fingerprint density at radius 1 is 1.55 bits per heavy atom. The second kappa shape index (κ2) is 7.36. The van der Waals surface area contributed by atoms with E-state index in [4.69, 9.17) is 16.3 Å². The van der Waals surface area contributed by atoms with Crippen LogP contribution >= 0.6 is 11.6 Å². The molecule has 0 amide bonds. The zero-order valence-corrected chi connectivity index (χ0v) is 12.8. The lowest BCUT2D eigenvalue weighted by Crippen LogP contribution is -2.48. The summed E-state index contributed by atoms with van der Waals surface area (Å²) in [5.41, 5.74) is 0.611. The lowest BCUT2D eigenvalue weighted by molar-refractivity contribution is -0.0464. The number of hydrogen-bond donors (Lipinski definition) is 1. The molecule has 1 aromatic carbocycles. The third-order valence-electron chi connectivity index (χ3n) is 3.70. The molecule has 0 aliphatic carbocycles. The summed E-state index contributed by atoms with van der Waals surface area (Å²) >= 11 is 5.82. The van der Waals surface area contributed by atoms with Crippen LogP contribution in [0.2, 0.25) is 5.02 Å². The maximum Gasteiger partial charge on any atom is 0.129 e. The van der Waals surface area contributed by atoms with Crippen LogP contribution in [0.15, 0.2) is 18.2 Å². The minimum Gasteiger partial charge on any atom is -0.374 e. The predicted octanol–water partition coefficient (Wildman–Crippen LogP) is 2.85. The van der Waals surface area contributed by atoms with Gasteiger partial charge in [0.1, 0.15) is 5.82 Å². The van der Waals surface area contributed by atoms with Gasteiger partial charge in [0, 0.05) is 23.7 Å². The number of ether oxygens (including phenoxy) is 1. The molecule has 0 aromatic heterocycles. The van der Waals surface area contributed by atoms with Gasteiger partial charge in [0.2, 0.25) is 0 Å². The average Bonchev–Trinajstić information content (AvgIpc) is 2.43. The van der Waals surface area contributed by atoms with Crippen molar-refractivity contribution in [1.82, 2.24) is 10.2 Å². The summed E-state index contributed by atoms with van der Waals surface area (Å²) in [6.45, 7) is 5.68. The monoisotopic (exact) mass is 300 g/mol. The Morgan fingerprint density at radius 3 is 3.00 bits per heavy atom. The summed E-state index contributed by atoms with van der Waals surface area (Å²) < 4.78 is 19.9. The third-order valence-corrected chi connectivity index (χ3v) is 3.93. The maximum atomic E-state index is 14.1. The Hall–Kier alpha value is -0.680. The zero-order chi connectivity index (χ0) is 14.5. The second-order valence-corrected chi connectivity index (χ2v) is 5.58. The van der Waals surface area contributed by atoms with E-state index in [2.05, 4.69) is 17.1 Å². The highest BCUT2D eigenvalue weighted by Crippen LogP contribution is 2.26. The molecule has 1 aromatic rings. The van der Waals surface area contributed by atoms with Gasteiger partial charge in [-0.1, -0.05) is 24.6 Å². The molecule has 1 aliphatic rings. The first-order valence-corrected chi connectivity index (χ1v) is 7.49. The summed E-state index contributed by atoms with van der Waals surface area (Å²) in [5.74, 6) is -0.284. The fourth-order valence-corrected chi connectivity index (χ4v) is 2.91. The lowest BCUT2D eigenvalue weighted by atomic mass is 9.99. The number of benzene rings is 1. The van der Waals surface area contributed by atoms with Gasteiger partial charge in [-0.2, -0.15) is 0 Å². The SMILES string of the molecule is CCCN1CCOC(C(NC)c2ccc(Cl)cc2F)C1. The molecular weight excluding hydrogens is 279 g/mol. The highest BCUT2D eigenvalue weighted by Gasteiger charge is 2.29. The van der Waals surface area contributed by atoms with Crippen LogP contribution in [0.1, 0.15) is 24.9 Å². The predicted molar refractivity (Wildman–Crippen MR) is 79.7 cm³/mol. The fourth-order valence-electron chi connectivity index (χ4n) is 2.75. The van der Waals surface area contributed by atoms with E-state index < -0.39 is 0 Å². The molecule has 2 rings (SSSR count). The highest BCUT2D eigenvalue weighted by atomic mass is 35.5. The molecule has 1 heterocycles. The molecule has 1 saturated heterocycles. The van der Waals surface area contributed by atoms with E-state index in [9.17, 15) is 4.39 Å². The summed E-state index contributed by atoms with van der Waals surface area (Å²) in [7, 11) is 1.83. The van der Waals surface area contributed by atoms with Crippen molar-refractivity contribution in [2.24, 2.45) is 0 Å². The van der Waals surface area contributed by atoms with Crippen LogP contribution in [0.5, 0.6) is 0 Å². The number of morpholine rings is 1. The van der Waals surface area contributed by atoms with Crippen molar-refractivity contribution < 1.29 is 9.13 Å². The molecule has 1 N–H and O–H groups in total. The molecule has 0 spiro atoms. The molecule has 0 radical (unpaired) electrons. The molecule has 3 nitrogen and oxygen atoms in total. The largest absolute Gasteiger partial charge is 0.374 e. The van der Waals surface area contributed by atoms with E-state index in [-0.39, 0.29) is 18.0 Å². The van der Waals surface area contributed by atoms with Gasteiger partial charge >= 0.3 is 0 Å². The van der Waals surface area contributed by atoms with E-state index in [0.29, 0.717) is 17.2 Å². The van der Waals surface area contributed by atoms with Crippen LogP contribution < -0.4 is 5.32 Å². The van der Waals surface area contributed by atoms with Gasteiger partial charge in [0.25, 0.3) is 0 Å². The summed E-state index contributed by atoms with van der Waals surface area (Å²) in [6, 6.07) is 4.65. The van der Waals surface area contributed by atoms with Crippen molar-refractivity contribution in [1.29, 1.82) is 0 Å². The average molecular weight is 301 g/mol. The number of nitrogens with zero attached hydrogens (tertiary/aromatic N) is 1. The van der Waals surface area contributed by atoms with Crippen molar-refractivity contribution in [3.8, 4) is 0 Å². The van der Waals surface area contributed by atoms with Gasteiger partial charge < -0.3 is 10.1 Å². The summed E-state index contributed by atoms with van der Waals surface area (Å²) in [6.07, 6.45) is 1.07. The van der Waals surface area contributed by atoms with E-state index in [1.165, 1.54) is 6.07 Å².